The van der Waals surface area contributed by atoms with E-state index in [0.717, 1.165) is 17.7 Å². The number of benzene rings is 3. The molecule has 1 aliphatic rings. The van der Waals surface area contributed by atoms with E-state index >= 15 is 0 Å². The molecular weight excluding hydrogens is 494 g/mol. The van der Waals surface area contributed by atoms with Crippen LogP contribution >= 0.6 is 11.6 Å². The minimum absolute atomic E-state index is 0.00518. The lowest BCUT2D eigenvalue weighted by Gasteiger charge is -2.32. The zero-order valence-electron chi connectivity index (χ0n) is 19.4. The smallest absolute Gasteiger partial charge is 0.398 e. The van der Waals surface area contributed by atoms with E-state index in [1.807, 2.05) is 30.3 Å². The summed E-state index contributed by atoms with van der Waals surface area (Å²) in [5, 5.41) is 0.279. The lowest BCUT2D eigenvalue weighted by molar-refractivity contribution is -0.138. The third-order valence-corrected chi connectivity index (χ3v) is 6.79. The maximum absolute atomic E-state index is 13.7. The first kappa shape index (κ1) is 25.8. The molecule has 0 spiro atoms. The highest BCUT2D eigenvalue weighted by atomic mass is 35.5. The van der Waals surface area contributed by atoms with Crippen molar-refractivity contribution in [2.45, 2.75) is 38.0 Å². The highest BCUT2D eigenvalue weighted by molar-refractivity contribution is 6.33. The molecule has 0 aromatic heterocycles. The molecular formula is C27H26ClF4N3O. The first-order valence-electron chi connectivity index (χ1n) is 11.6. The molecule has 2 N–H and O–H groups in total. The summed E-state index contributed by atoms with van der Waals surface area (Å²) in [6, 6.07) is 17.0. The third kappa shape index (κ3) is 6.10. The van der Waals surface area contributed by atoms with E-state index in [0.29, 0.717) is 49.8 Å². The van der Waals surface area contributed by atoms with Gasteiger partial charge in [0, 0.05) is 37.8 Å². The van der Waals surface area contributed by atoms with Crippen LogP contribution in [0.25, 0.3) is 0 Å². The second-order valence-electron chi connectivity index (χ2n) is 8.90. The fourth-order valence-corrected chi connectivity index (χ4v) is 4.71. The summed E-state index contributed by atoms with van der Waals surface area (Å²) in [6.07, 6.45) is -3.18. The minimum atomic E-state index is -4.71. The summed E-state index contributed by atoms with van der Waals surface area (Å²) in [4.78, 5) is 16.4. The Balaban J connectivity index is 1.56. The molecule has 1 heterocycles. The standard InChI is InChI=1S/C27H26ClF4N3O/c28-24-15-21(9-10-25(24)33)35(16-19-7-8-20(29)14-23(19)27(30,31)32)22-12-13-34(17-22)26(36)11-6-18-4-2-1-3-5-18/h1-5,7-10,14-15,22H,6,11-13,16-17,33H2/t22-/m0/s1. The SMILES string of the molecule is Nc1ccc(N(Cc2ccc(F)cc2C(F)(F)F)[C@H]2CCN(C(=O)CCc3ccccc3)C2)cc1Cl. The zero-order valence-corrected chi connectivity index (χ0v) is 20.2. The molecule has 1 aliphatic heterocycles. The van der Waals surface area contributed by atoms with Crippen molar-refractivity contribution >= 4 is 28.9 Å². The second-order valence-corrected chi connectivity index (χ2v) is 9.31. The number of alkyl halides is 3. The Morgan fingerprint density at radius 2 is 1.83 bits per heavy atom. The largest absolute Gasteiger partial charge is 0.416 e. The number of amides is 1. The molecule has 0 bridgehead atoms. The lowest BCUT2D eigenvalue weighted by Crippen LogP contribution is -2.39. The van der Waals surface area contributed by atoms with Gasteiger partial charge in [-0.25, -0.2) is 4.39 Å². The van der Waals surface area contributed by atoms with Gasteiger partial charge in [0.1, 0.15) is 5.82 Å². The van der Waals surface area contributed by atoms with Crippen LogP contribution in [0.15, 0.2) is 66.7 Å². The van der Waals surface area contributed by atoms with Gasteiger partial charge in [-0.05, 0) is 54.3 Å². The van der Waals surface area contributed by atoms with E-state index in [1.54, 1.807) is 28.0 Å². The minimum Gasteiger partial charge on any atom is -0.398 e. The highest BCUT2D eigenvalue weighted by Gasteiger charge is 2.36. The van der Waals surface area contributed by atoms with Gasteiger partial charge in [0.25, 0.3) is 0 Å². The number of hydrogen-bond donors (Lipinski definition) is 1. The van der Waals surface area contributed by atoms with Gasteiger partial charge in [0.15, 0.2) is 0 Å². The van der Waals surface area contributed by atoms with Crippen LogP contribution in [-0.4, -0.2) is 29.9 Å². The average molecular weight is 520 g/mol. The molecule has 1 fully saturated rings. The molecule has 0 unspecified atom stereocenters. The first-order chi connectivity index (χ1) is 17.1. The number of nitrogens with two attached hydrogens (primary N) is 1. The Morgan fingerprint density at radius 3 is 2.53 bits per heavy atom. The average Bonchev–Trinajstić information content (AvgIpc) is 3.34. The Kier molecular flexibility index (Phi) is 7.73. The number of aryl methyl sites for hydroxylation is 1. The molecule has 190 valence electrons. The van der Waals surface area contributed by atoms with E-state index in [1.165, 1.54) is 0 Å². The molecule has 36 heavy (non-hydrogen) atoms. The van der Waals surface area contributed by atoms with Crippen molar-refractivity contribution in [3.8, 4) is 0 Å². The number of nitrogen functional groups attached to an aromatic ring is 1. The van der Waals surface area contributed by atoms with Gasteiger partial charge in [-0.15, -0.1) is 0 Å². The molecule has 1 amide bonds. The highest BCUT2D eigenvalue weighted by Crippen LogP contribution is 2.36. The number of carbonyl (C=O) groups is 1. The topological polar surface area (TPSA) is 49.6 Å². The molecule has 4 rings (SSSR count). The van der Waals surface area contributed by atoms with Crippen molar-refractivity contribution in [1.82, 2.24) is 4.90 Å². The number of nitrogens with zero attached hydrogens (tertiary/aromatic N) is 2. The molecule has 0 radical (unpaired) electrons. The normalized spacial score (nSPS) is 15.8. The number of likely N-dealkylation sites (tertiary alicyclic amines) is 1. The van der Waals surface area contributed by atoms with Gasteiger partial charge in [-0.3, -0.25) is 4.79 Å². The molecule has 0 aliphatic carbocycles. The van der Waals surface area contributed by atoms with Crippen LogP contribution in [-0.2, 0) is 23.9 Å². The fraction of sp³-hybridized carbons (Fsp3) is 0.296. The van der Waals surface area contributed by atoms with Gasteiger partial charge >= 0.3 is 6.18 Å². The predicted octanol–water partition coefficient (Wildman–Crippen LogP) is 6.32. The molecule has 3 aromatic rings. The van der Waals surface area contributed by atoms with Crippen LogP contribution in [0.2, 0.25) is 5.02 Å². The van der Waals surface area contributed by atoms with E-state index in [2.05, 4.69) is 0 Å². The van der Waals surface area contributed by atoms with Crippen molar-refractivity contribution in [3.05, 3.63) is 94.3 Å². The predicted molar refractivity (Wildman–Crippen MR) is 133 cm³/mol. The molecule has 4 nitrogen and oxygen atoms in total. The fourth-order valence-electron chi connectivity index (χ4n) is 4.54. The maximum Gasteiger partial charge on any atom is 0.416 e. The number of rotatable bonds is 7. The maximum atomic E-state index is 13.7. The number of anilines is 2. The second kappa shape index (κ2) is 10.8. The van der Waals surface area contributed by atoms with Gasteiger partial charge < -0.3 is 15.5 Å². The van der Waals surface area contributed by atoms with Crippen LogP contribution in [0, 0.1) is 5.82 Å². The first-order valence-corrected chi connectivity index (χ1v) is 12.0. The Hall–Kier alpha value is -3.26. The van der Waals surface area contributed by atoms with Gasteiger partial charge in [0.05, 0.1) is 16.3 Å². The Bertz CT molecular complexity index is 1220. The summed E-state index contributed by atoms with van der Waals surface area (Å²) >= 11 is 6.23. The molecule has 1 saturated heterocycles. The van der Waals surface area contributed by atoms with E-state index < -0.39 is 17.6 Å². The quantitative estimate of drug-likeness (QED) is 0.293. The van der Waals surface area contributed by atoms with Crippen LogP contribution in [0.4, 0.5) is 28.9 Å². The number of carbonyl (C=O) groups excluding carboxylic acids is 1. The van der Waals surface area contributed by atoms with Crippen molar-refractivity contribution in [2.75, 3.05) is 23.7 Å². The summed E-state index contributed by atoms with van der Waals surface area (Å²) < 4.78 is 54.8. The zero-order chi connectivity index (χ0) is 25.9. The summed E-state index contributed by atoms with van der Waals surface area (Å²) in [7, 11) is 0. The van der Waals surface area contributed by atoms with Crippen LogP contribution in [0.3, 0.4) is 0 Å². The molecule has 0 saturated carbocycles. The van der Waals surface area contributed by atoms with Gasteiger partial charge in [-0.2, -0.15) is 13.2 Å². The molecule has 3 aromatic carbocycles. The summed E-state index contributed by atoms with van der Waals surface area (Å²) in [5.41, 5.74) is 6.75. The van der Waals surface area contributed by atoms with E-state index in [-0.39, 0.29) is 29.1 Å². The van der Waals surface area contributed by atoms with Crippen LogP contribution in [0.1, 0.15) is 29.5 Å². The van der Waals surface area contributed by atoms with Crippen molar-refractivity contribution in [3.63, 3.8) is 0 Å². The summed E-state index contributed by atoms with van der Waals surface area (Å²) in [5.74, 6) is -0.960. The third-order valence-electron chi connectivity index (χ3n) is 6.46. The lowest BCUT2D eigenvalue weighted by atomic mass is 10.0. The number of halogens is 5. The Morgan fingerprint density at radius 1 is 1.08 bits per heavy atom. The summed E-state index contributed by atoms with van der Waals surface area (Å²) in [6.45, 7) is 0.720. The Labute approximate surface area is 212 Å². The molecule has 1 atom stereocenters. The van der Waals surface area contributed by atoms with Gasteiger partial charge in [0.2, 0.25) is 5.91 Å². The van der Waals surface area contributed by atoms with Crippen LogP contribution < -0.4 is 10.6 Å². The van der Waals surface area contributed by atoms with E-state index in [9.17, 15) is 22.4 Å². The van der Waals surface area contributed by atoms with E-state index in [4.69, 9.17) is 17.3 Å². The van der Waals surface area contributed by atoms with Crippen molar-refractivity contribution in [2.24, 2.45) is 0 Å². The van der Waals surface area contributed by atoms with Crippen molar-refractivity contribution < 1.29 is 22.4 Å². The van der Waals surface area contributed by atoms with Crippen molar-refractivity contribution in [1.29, 1.82) is 0 Å². The monoisotopic (exact) mass is 519 g/mol. The molecule has 9 heteroatoms. The number of hydrogen-bond acceptors (Lipinski definition) is 3. The van der Waals surface area contributed by atoms with Gasteiger partial charge in [-0.1, -0.05) is 48.0 Å². The van der Waals surface area contributed by atoms with Crippen LogP contribution in [0.5, 0.6) is 0 Å².